The molecule has 2 aliphatic rings. The lowest BCUT2D eigenvalue weighted by Gasteiger charge is -2.32. The minimum atomic E-state index is -0.114. The Labute approximate surface area is 204 Å². The van der Waals surface area contributed by atoms with Gasteiger partial charge in [0.15, 0.2) is 0 Å². The first kappa shape index (κ1) is 22.6. The first-order valence-corrected chi connectivity index (χ1v) is 11.9. The molecule has 1 aliphatic carbocycles. The molecule has 7 nitrogen and oxygen atoms in total. The Balaban J connectivity index is 1.41. The standard InChI is InChI=1S/C28H27N5O2/c1-18-17-33(28(35)21(9-12-29)15-19-5-3-2-4-6-19)14-11-22(18)24-16-25(32-27(34)20-7-8-20)31-26-23(24)10-13-30-26/h2-6,10-11,13,15-16,18,20H,7-9,14,17H2,1H3,(H2,30,31,32,34). The molecule has 1 atom stereocenters. The van der Waals surface area contributed by atoms with E-state index >= 15 is 0 Å². The number of nitrogens with zero attached hydrogens (tertiary/aromatic N) is 3. The molecule has 35 heavy (non-hydrogen) atoms. The van der Waals surface area contributed by atoms with Crippen LogP contribution in [0.2, 0.25) is 0 Å². The first-order valence-electron chi connectivity index (χ1n) is 11.9. The zero-order valence-corrected chi connectivity index (χ0v) is 19.6. The lowest BCUT2D eigenvalue weighted by molar-refractivity contribution is -0.127. The number of hydrogen-bond acceptors (Lipinski definition) is 4. The number of fused-ring (bicyclic) bond motifs is 1. The molecule has 0 radical (unpaired) electrons. The smallest absolute Gasteiger partial charge is 0.251 e. The lowest BCUT2D eigenvalue weighted by Crippen LogP contribution is -2.39. The molecule has 1 saturated carbocycles. The number of rotatable bonds is 6. The summed E-state index contributed by atoms with van der Waals surface area (Å²) in [6.45, 7) is 3.09. The van der Waals surface area contributed by atoms with Gasteiger partial charge in [0.2, 0.25) is 5.91 Å². The maximum absolute atomic E-state index is 13.3. The highest BCUT2D eigenvalue weighted by Crippen LogP contribution is 2.35. The topological polar surface area (TPSA) is 102 Å². The van der Waals surface area contributed by atoms with Crippen LogP contribution in [-0.2, 0) is 9.59 Å². The van der Waals surface area contributed by atoms with E-state index in [1.165, 1.54) is 0 Å². The Hall–Kier alpha value is -4.18. The number of aromatic amines is 1. The molecule has 2 amide bonds. The molecule has 2 N–H and O–H groups in total. The van der Waals surface area contributed by atoms with Gasteiger partial charge in [-0.2, -0.15) is 5.26 Å². The molecule has 2 aromatic heterocycles. The van der Waals surface area contributed by atoms with Crippen LogP contribution in [0, 0.1) is 23.2 Å². The van der Waals surface area contributed by atoms with Crippen LogP contribution in [0.3, 0.4) is 0 Å². The van der Waals surface area contributed by atoms with Crippen LogP contribution >= 0.6 is 0 Å². The van der Waals surface area contributed by atoms with Crippen LogP contribution in [0.25, 0.3) is 22.7 Å². The summed E-state index contributed by atoms with van der Waals surface area (Å²) in [6, 6.07) is 15.6. The van der Waals surface area contributed by atoms with Gasteiger partial charge in [0, 0.05) is 36.2 Å². The Kier molecular flexibility index (Phi) is 6.19. The molecule has 5 rings (SSSR count). The van der Waals surface area contributed by atoms with Crippen LogP contribution in [0.15, 0.2) is 60.3 Å². The van der Waals surface area contributed by atoms with E-state index in [1.807, 2.05) is 48.7 Å². The summed E-state index contributed by atoms with van der Waals surface area (Å²) in [6.07, 6.45) is 7.65. The molecule has 1 aliphatic heterocycles. The fourth-order valence-electron chi connectivity index (χ4n) is 4.60. The van der Waals surface area contributed by atoms with E-state index in [4.69, 9.17) is 0 Å². The number of nitriles is 1. The van der Waals surface area contributed by atoms with E-state index in [0.29, 0.717) is 24.5 Å². The number of anilines is 1. The van der Waals surface area contributed by atoms with Crippen LogP contribution in [-0.4, -0.2) is 39.8 Å². The third-order valence-electron chi connectivity index (χ3n) is 6.57. The summed E-state index contributed by atoms with van der Waals surface area (Å²) in [7, 11) is 0. The summed E-state index contributed by atoms with van der Waals surface area (Å²) in [5, 5.41) is 13.2. The molecule has 0 saturated heterocycles. The fraction of sp³-hybridized carbons (Fsp3) is 0.286. The number of pyridine rings is 1. The van der Waals surface area contributed by atoms with Crippen molar-refractivity contribution < 1.29 is 9.59 Å². The zero-order valence-electron chi connectivity index (χ0n) is 19.6. The highest BCUT2D eigenvalue weighted by atomic mass is 16.2. The zero-order chi connectivity index (χ0) is 24.4. The van der Waals surface area contributed by atoms with Crippen molar-refractivity contribution in [2.24, 2.45) is 11.8 Å². The number of nitrogens with one attached hydrogen (secondary N) is 2. The number of amides is 2. The quantitative estimate of drug-likeness (QED) is 0.512. The maximum atomic E-state index is 13.3. The second-order valence-electron chi connectivity index (χ2n) is 9.24. The highest BCUT2D eigenvalue weighted by molar-refractivity contribution is 6.00. The van der Waals surface area contributed by atoms with Gasteiger partial charge in [-0.3, -0.25) is 9.59 Å². The van der Waals surface area contributed by atoms with Gasteiger partial charge in [0.05, 0.1) is 12.5 Å². The van der Waals surface area contributed by atoms with Crippen molar-refractivity contribution in [3.63, 3.8) is 0 Å². The normalized spacial score (nSPS) is 18.2. The van der Waals surface area contributed by atoms with Crippen molar-refractivity contribution in [3.05, 3.63) is 71.4 Å². The first-order chi connectivity index (χ1) is 17.0. The molecular formula is C28H27N5O2. The van der Waals surface area contributed by atoms with Gasteiger partial charge in [-0.05, 0) is 53.7 Å². The largest absolute Gasteiger partial charge is 0.346 e. The van der Waals surface area contributed by atoms with Gasteiger partial charge in [-0.15, -0.1) is 0 Å². The lowest BCUT2D eigenvalue weighted by atomic mass is 9.89. The van der Waals surface area contributed by atoms with E-state index in [2.05, 4.69) is 34.4 Å². The molecule has 1 unspecified atom stereocenters. The van der Waals surface area contributed by atoms with Crippen molar-refractivity contribution in [2.45, 2.75) is 26.2 Å². The minimum Gasteiger partial charge on any atom is -0.346 e. The Morgan fingerprint density at radius 1 is 1.26 bits per heavy atom. The fourth-order valence-corrected chi connectivity index (χ4v) is 4.60. The van der Waals surface area contributed by atoms with Gasteiger partial charge in [-0.1, -0.05) is 43.3 Å². The number of aromatic nitrogens is 2. The average molecular weight is 466 g/mol. The molecule has 0 bridgehead atoms. The number of H-pyrrole nitrogens is 1. The van der Waals surface area contributed by atoms with Crippen molar-refractivity contribution in [3.8, 4) is 6.07 Å². The molecule has 3 aromatic rings. The van der Waals surface area contributed by atoms with E-state index in [1.54, 1.807) is 11.0 Å². The van der Waals surface area contributed by atoms with E-state index in [9.17, 15) is 14.9 Å². The summed E-state index contributed by atoms with van der Waals surface area (Å²) in [5.74, 6) is 0.614. The predicted molar refractivity (Wildman–Crippen MR) is 136 cm³/mol. The third-order valence-corrected chi connectivity index (χ3v) is 6.57. The van der Waals surface area contributed by atoms with E-state index in [0.717, 1.165) is 40.6 Å². The average Bonchev–Trinajstić information content (AvgIpc) is 3.61. The van der Waals surface area contributed by atoms with Gasteiger partial charge in [0.1, 0.15) is 11.5 Å². The third kappa shape index (κ3) is 4.87. The molecule has 7 heteroatoms. The van der Waals surface area contributed by atoms with Crippen molar-refractivity contribution in [1.82, 2.24) is 14.9 Å². The maximum Gasteiger partial charge on any atom is 0.251 e. The molecular weight excluding hydrogens is 438 g/mol. The minimum absolute atomic E-state index is 0.0204. The van der Waals surface area contributed by atoms with Gasteiger partial charge >= 0.3 is 0 Å². The number of carbonyl (C=O) groups excluding carboxylic acids is 2. The van der Waals surface area contributed by atoms with Crippen molar-refractivity contribution >= 4 is 40.3 Å². The second kappa shape index (κ2) is 9.59. The monoisotopic (exact) mass is 465 g/mol. The molecule has 176 valence electrons. The van der Waals surface area contributed by atoms with Crippen LogP contribution in [0.4, 0.5) is 5.82 Å². The highest BCUT2D eigenvalue weighted by Gasteiger charge is 2.31. The van der Waals surface area contributed by atoms with Crippen LogP contribution in [0.5, 0.6) is 0 Å². The Morgan fingerprint density at radius 2 is 2.06 bits per heavy atom. The van der Waals surface area contributed by atoms with E-state index < -0.39 is 0 Å². The van der Waals surface area contributed by atoms with E-state index in [-0.39, 0.29) is 30.1 Å². The predicted octanol–water partition coefficient (Wildman–Crippen LogP) is 4.77. The van der Waals surface area contributed by atoms with Gasteiger partial charge in [-0.25, -0.2) is 4.98 Å². The van der Waals surface area contributed by atoms with Crippen LogP contribution in [0.1, 0.15) is 37.3 Å². The summed E-state index contributed by atoms with van der Waals surface area (Å²) >= 11 is 0. The molecule has 1 fully saturated rings. The number of hydrogen-bond donors (Lipinski definition) is 2. The van der Waals surface area contributed by atoms with Gasteiger partial charge < -0.3 is 15.2 Å². The molecule has 1 aromatic carbocycles. The van der Waals surface area contributed by atoms with Crippen LogP contribution < -0.4 is 5.32 Å². The number of carbonyl (C=O) groups is 2. The summed E-state index contributed by atoms with van der Waals surface area (Å²) in [5.41, 5.74) is 4.25. The second-order valence-corrected chi connectivity index (χ2v) is 9.24. The van der Waals surface area contributed by atoms with Gasteiger partial charge in [0.25, 0.3) is 5.91 Å². The van der Waals surface area contributed by atoms with Crippen molar-refractivity contribution in [1.29, 1.82) is 5.26 Å². The Bertz CT molecular complexity index is 1380. The molecule has 3 heterocycles. The summed E-state index contributed by atoms with van der Waals surface area (Å²) < 4.78 is 0. The van der Waals surface area contributed by atoms with Crippen molar-refractivity contribution in [2.75, 3.05) is 18.4 Å². The Morgan fingerprint density at radius 3 is 2.77 bits per heavy atom. The number of benzene rings is 1. The molecule has 0 spiro atoms. The summed E-state index contributed by atoms with van der Waals surface area (Å²) in [4.78, 5) is 35.2. The SMILES string of the molecule is CC1CN(C(=O)C(=Cc2ccccc2)CC#N)CC=C1c1cc(NC(=O)C2CC2)nc2[nH]ccc12.